The van der Waals surface area contributed by atoms with Crippen molar-refractivity contribution >= 4 is 11.3 Å². The summed E-state index contributed by atoms with van der Waals surface area (Å²) < 4.78 is 0. The van der Waals surface area contributed by atoms with Crippen LogP contribution in [0.2, 0.25) is 0 Å². The Labute approximate surface area is 103 Å². The van der Waals surface area contributed by atoms with Crippen LogP contribution in [0.25, 0.3) is 0 Å². The average Bonchev–Trinajstić information content (AvgIpc) is 2.57. The van der Waals surface area contributed by atoms with E-state index in [1.54, 1.807) is 0 Å². The highest BCUT2D eigenvalue weighted by molar-refractivity contribution is 7.11. The number of nitrogens with one attached hydrogen (secondary N) is 1. The zero-order valence-electron chi connectivity index (χ0n) is 11.2. The molecule has 0 aliphatic carbocycles. The van der Waals surface area contributed by atoms with Gasteiger partial charge < -0.3 is 5.32 Å². The molecule has 0 aliphatic rings. The Hall–Kier alpha value is -0.410. The Morgan fingerprint density at radius 1 is 1.25 bits per heavy atom. The molecule has 1 rings (SSSR count). The lowest BCUT2D eigenvalue weighted by Crippen LogP contribution is -2.39. The van der Waals surface area contributed by atoms with Gasteiger partial charge in [-0.25, -0.2) is 4.98 Å². The summed E-state index contributed by atoms with van der Waals surface area (Å²) >= 11 is 1.84. The van der Waals surface area contributed by atoms with Crippen LogP contribution in [0.5, 0.6) is 0 Å². The first-order valence-electron chi connectivity index (χ1n) is 6.23. The van der Waals surface area contributed by atoms with Crippen LogP contribution < -0.4 is 5.32 Å². The smallest absolute Gasteiger partial charge is 0.113 e. The fourth-order valence-electron chi connectivity index (χ4n) is 1.88. The molecule has 3 heteroatoms. The van der Waals surface area contributed by atoms with Crippen molar-refractivity contribution in [1.29, 1.82) is 0 Å². The third-order valence-corrected chi connectivity index (χ3v) is 4.35. The average molecular weight is 240 g/mol. The first-order chi connectivity index (χ1) is 7.53. The molecule has 0 fully saturated rings. The molecule has 0 bridgehead atoms. The van der Waals surface area contributed by atoms with Crippen molar-refractivity contribution in [2.24, 2.45) is 0 Å². The molecule has 0 aliphatic heterocycles. The van der Waals surface area contributed by atoms with Gasteiger partial charge in [-0.1, -0.05) is 20.3 Å². The molecule has 0 spiro atoms. The number of thiazole rings is 1. The molecule has 1 heterocycles. The van der Waals surface area contributed by atoms with Crippen LogP contribution in [0.4, 0.5) is 0 Å². The maximum Gasteiger partial charge on any atom is 0.113 e. The molecule has 1 N–H and O–H groups in total. The molecule has 1 aromatic rings. The van der Waals surface area contributed by atoms with Crippen molar-refractivity contribution in [2.45, 2.75) is 59.4 Å². The molecule has 0 saturated heterocycles. The van der Waals surface area contributed by atoms with Crippen LogP contribution in [0, 0.1) is 13.8 Å². The maximum absolute atomic E-state index is 4.71. The molecule has 0 radical (unpaired) electrons. The van der Waals surface area contributed by atoms with Crippen molar-refractivity contribution in [2.75, 3.05) is 6.54 Å². The van der Waals surface area contributed by atoms with Gasteiger partial charge in [0.25, 0.3) is 0 Å². The topological polar surface area (TPSA) is 24.9 Å². The summed E-state index contributed by atoms with van der Waals surface area (Å²) in [7, 11) is 0. The monoisotopic (exact) mass is 240 g/mol. The van der Waals surface area contributed by atoms with E-state index in [-0.39, 0.29) is 5.54 Å². The molecule has 1 atom stereocenters. The Bertz CT molecular complexity index is 313. The van der Waals surface area contributed by atoms with Crippen LogP contribution in [-0.2, 0) is 5.54 Å². The number of aryl methyl sites for hydroxylation is 2. The number of hydrogen-bond acceptors (Lipinski definition) is 3. The number of rotatable bonds is 6. The first-order valence-corrected chi connectivity index (χ1v) is 7.04. The van der Waals surface area contributed by atoms with Gasteiger partial charge in [-0.15, -0.1) is 11.3 Å². The van der Waals surface area contributed by atoms with E-state index in [1.165, 1.54) is 28.4 Å². The van der Waals surface area contributed by atoms with Gasteiger partial charge >= 0.3 is 0 Å². The number of aromatic nitrogens is 1. The van der Waals surface area contributed by atoms with E-state index in [2.05, 4.69) is 39.9 Å². The van der Waals surface area contributed by atoms with Gasteiger partial charge in [-0.05, 0) is 40.2 Å². The lowest BCUT2D eigenvalue weighted by Gasteiger charge is -2.28. The minimum Gasteiger partial charge on any atom is -0.306 e. The molecule has 1 unspecified atom stereocenters. The summed E-state index contributed by atoms with van der Waals surface area (Å²) in [5.74, 6) is 0. The van der Waals surface area contributed by atoms with Gasteiger partial charge in [0, 0.05) is 4.88 Å². The van der Waals surface area contributed by atoms with Gasteiger partial charge in [-0.2, -0.15) is 0 Å². The number of hydrogen-bond donors (Lipinski definition) is 1. The summed E-state index contributed by atoms with van der Waals surface area (Å²) in [4.78, 5) is 6.05. The lowest BCUT2D eigenvalue weighted by atomic mass is 9.97. The van der Waals surface area contributed by atoms with Crippen LogP contribution in [-0.4, -0.2) is 11.5 Å². The Morgan fingerprint density at radius 2 is 1.94 bits per heavy atom. The van der Waals surface area contributed by atoms with Crippen molar-refractivity contribution in [3.63, 3.8) is 0 Å². The highest BCUT2D eigenvalue weighted by atomic mass is 32.1. The third kappa shape index (κ3) is 3.05. The summed E-state index contributed by atoms with van der Waals surface area (Å²) in [5, 5.41) is 4.90. The van der Waals surface area contributed by atoms with Gasteiger partial charge in [0.05, 0.1) is 11.2 Å². The summed E-state index contributed by atoms with van der Waals surface area (Å²) in [6, 6.07) is 0. The predicted octanol–water partition coefficient (Wildman–Crippen LogP) is 3.77. The van der Waals surface area contributed by atoms with Crippen molar-refractivity contribution in [3.05, 3.63) is 15.6 Å². The van der Waals surface area contributed by atoms with E-state index in [9.17, 15) is 0 Å². The molecule has 0 saturated carbocycles. The zero-order valence-corrected chi connectivity index (χ0v) is 12.0. The summed E-state index contributed by atoms with van der Waals surface area (Å²) in [6.45, 7) is 12.0. The molecular weight excluding hydrogens is 216 g/mol. The predicted molar refractivity (Wildman–Crippen MR) is 72.1 cm³/mol. The first kappa shape index (κ1) is 13.7. The molecular formula is C13H24N2S. The second-order valence-electron chi connectivity index (χ2n) is 4.67. The van der Waals surface area contributed by atoms with E-state index in [0.29, 0.717) is 0 Å². The van der Waals surface area contributed by atoms with E-state index in [4.69, 9.17) is 4.98 Å². The summed E-state index contributed by atoms with van der Waals surface area (Å²) in [6.07, 6.45) is 3.51. The van der Waals surface area contributed by atoms with Crippen LogP contribution >= 0.6 is 11.3 Å². The molecule has 0 amide bonds. The van der Waals surface area contributed by atoms with E-state index < -0.39 is 0 Å². The van der Waals surface area contributed by atoms with Crippen LogP contribution in [0.1, 0.15) is 55.6 Å². The van der Waals surface area contributed by atoms with E-state index >= 15 is 0 Å². The van der Waals surface area contributed by atoms with Crippen molar-refractivity contribution in [3.8, 4) is 0 Å². The van der Waals surface area contributed by atoms with Crippen LogP contribution in [0.15, 0.2) is 0 Å². The Kier molecular flexibility index (Phi) is 4.93. The minimum absolute atomic E-state index is 0.0639. The normalized spacial score (nSPS) is 15.1. The Balaban J connectivity index is 2.91. The Morgan fingerprint density at radius 3 is 2.38 bits per heavy atom. The molecule has 1 aromatic heterocycles. The maximum atomic E-state index is 4.71. The fraction of sp³-hybridized carbons (Fsp3) is 0.769. The second kappa shape index (κ2) is 5.78. The van der Waals surface area contributed by atoms with Gasteiger partial charge in [0.2, 0.25) is 0 Å². The fourth-order valence-corrected chi connectivity index (χ4v) is 2.95. The highest BCUT2D eigenvalue weighted by Crippen LogP contribution is 2.31. The molecule has 2 nitrogen and oxygen atoms in total. The molecule has 92 valence electrons. The lowest BCUT2D eigenvalue weighted by molar-refractivity contribution is 0.335. The van der Waals surface area contributed by atoms with E-state index in [0.717, 1.165) is 13.0 Å². The standard InChI is InChI=1S/C13H24N2S/c1-6-8-13(5,14-9-7-2)12-15-10(3)11(4)16-12/h14H,6-9H2,1-5H3. The zero-order chi connectivity index (χ0) is 12.2. The second-order valence-corrected chi connectivity index (χ2v) is 5.87. The van der Waals surface area contributed by atoms with E-state index in [1.807, 2.05) is 11.3 Å². The van der Waals surface area contributed by atoms with Gasteiger partial charge in [0.15, 0.2) is 0 Å². The van der Waals surface area contributed by atoms with Gasteiger partial charge in [0.1, 0.15) is 5.01 Å². The largest absolute Gasteiger partial charge is 0.306 e. The minimum atomic E-state index is 0.0639. The van der Waals surface area contributed by atoms with Crippen molar-refractivity contribution < 1.29 is 0 Å². The molecule has 0 aromatic carbocycles. The van der Waals surface area contributed by atoms with Gasteiger partial charge in [-0.3, -0.25) is 0 Å². The number of nitrogens with zero attached hydrogens (tertiary/aromatic N) is 1. The third-order valence-electron chi connectivity index (χ3n) is 3.02. The van der Waals surface area contributed by atoms with Crippen LogP contribution in [0.3, 0.4) is 0 Å². The summed E-state index contributed by atoms with van der Waals surface area (Å²) in [5.41, 5.74) is 1.25. The highest BCUT2D eigenvalue weighted by Gasteiger charge is 2.28. The molecule has 16 heavy (non-hydrogen) atoms. The SMILES string of the molecule is CCCNC(C)(CCC)c1nc(C)c(C)s1. The quantitative estimate of drug-likeness (QED) is 0.818. The van der Waals surface area contributed by atoms with Crippen molar-refractivity contribution in [1.82, 2.24) is 10.3 Å².